The van der Waals surface area contributed by atoms with E-state index in [9.17, 15) is 4.79 Å². The van der Waals surface area contributed by atoms with Crippen molar-refractivity contribution >= 4 is 45.7 Å². The molecule has 0 spiro atoms. The summed E-state index contributed by atoms with van der Waals surface area (Å²) in [7, 11) is 0. The van der Waals surface area contributed by atoms with Crippen molar-refractivity contribution in [3.63, 3.8) is 0 Å². The Hall–Kier alpha value is -1.59. The fraction of sp³-hybridized carbons (Fsp3) is 0.235. The number of amidine groups is 1. The average Bonchev–Trinajstić information content (AvgIpc) is 2.80. The summed E-state index contributed by atoms with van der Waals surface area (Å²) in [6.45, 7) is 4.02. The highest BCUT2D eigenvalue weighted by Crippen LogP contribution is 2.40. The first-order valence-corrected chi connectivity index (χ1v) is 8.86. The first-order valence-electron chi connectivity index (χ1n) is 7.06. The summed E-state index contributed by atoms with van der Waals surface area (Å²) in [5, 5.41) is 1.45. The van der Waals surface area contributed by atoms with Crippen LogP contribution in [0.25, 0.3) is 6.08 Å². The predicted molar refractivity (Wildman–Crippen MR) is 97.3 cm³/mol. The molecule has 0 N–H and O–H groups in total. The van der Waals surface area contributed by atoms with Gasteiger partial charge in [0.05, 0.1) is 5.04 Å². The highest BCUT2D eigenvalue weighted by Gasteiger charge is 2.36. The molecule has 1 atom stereocenters. The van der Waals surface area contributed by atoms with Crippen molar-refractivity contribution < 1.29 is 4.79 Å². The van der Waals surface area contributed by atoms with Crippen molar-refractivity contribution in [2.75, 3.05) is 5.75 Å². The molecule has 0 aliphatic carbocycles. The Labute approximate surface area is 138 Å². The van der Waals surface area contributed by atoms with E-state index < -0.39 is 0 Å². The maximum absolute atomic E-state index is 12.1. The summed E-state index contributed by atoms with van der Waals surface area (Å²) in [6, 6.07) is 10.1. The van der Waals surface area contributed by atoms with Crippen molar-refractivity contribution in [3.8, 4) is 0 Å². The summed E-state index contributed by atoms with van der Waals surface area (Å²) >= 11 is 3.09. The number of fused-ring (bicyclic) bond motifs is 1. The largest absolute Gasteiger partial charge is 0.271 e. The Balaban J connectivity index is 1.61. The zero-order valence-corrected chi connectivity index (χ0v) is 14.1. The van der Waals surface area contributed by atoms with E-state index in [1.54, 1.807) is 11.8 Å². The number of benzene rings is 1. The van der Waals surface area contributed by atoms with Gasteiger partial charge in [-0.2, -0.15) is 4.99 Å². The van der Waals surface area contributed by atoms with Gasteiger partial charge in [0, 0.05) is 5.75 Å². The Morgan fingerprint density at radius 3 is 2.77 bits per heavy atom. The number of amides is 1. The normalized spacial score (nSPS) is 21.2. The van der Waals surface area contributed by atoms with E-state index in [1.165, 1.54) is 16.7 Å². The number of hydrogen-bond donors (Lipinski definition) is 0. The fourth-order valence-electron chi connectivity index (χ4n) is 2.28. The monoisotopic (exact) mass is 328 g/mol. The van der Waals surface area contributed by atoms with Gasteiger partial charge in [0.25, 0.3) is 5.91 Å². The molecule has 3 rings (SSSR count). The molecule has 5 heteroatoms. The van der Waals surface area contributed by atoms with Crippen LogP contribution in [-0.2, 0) is 4.79 Å². The highest BCUT2D eigenvalue weighted by atomic mass is 32.2. The van der Waals surface area contributed by atoms with Gasteiger partial charge >= 0.3 is 0 Å². The zero-order chi connectivity index (χ0) is 15.5. The minimum atomic E-state index is -0.228. The Morgan fingerprint density at radius 2 is 2.00 bits per heavy atom. The van der Waals surface area contributed by atoms with Crippen LogP contribution < -0.4 is 0 Å². The second-order valence-electron chi connectivity index (χ2n) is 5.08. The van der Waals surface area contributed by atoms with E-state index in [-0.39, 0.29) is 11.8 Å². The number of nitrogens with zero attached hydrogens (tertiary/aromatic N) is 2. The molecule has 2 heterocycles. The topological polar surface area (TPSA) is 41.8 Å². The molecule has 22 heavy (non-hydrogen) atoms. The van der Waals surface area contributed by atoms with Gasteiger partial charge in [-0.25, -0.2) is 4.99 Å². The Morgan fingerprint density at radius 1 is 1.23 bits per heavy atom. The molecule has 0 radical (unpaired) electrons. The van der Waals surface area contributed by atoms with Crippen LogP contribution in [0.2, 0.25) is 0 Å². The van der Waals surface area contributed by atoms with Crippen molar-refractivity contribution in [1.29, 1.82) is 0 Å². The van der Waals surface area contributed by atoms with Gasteiger partial charge in [0.2, 0.25) is 0 Å². The lowest BCUT2D eigenvalue weighted by Crippen LogP contribution is -2.23. The van der Waals surface area contributed by atoms with Gasteiger partial charge in [0.15, 0.2) is 5.17 Å². The molecule has 0 saturated carbocycles. The van der Waals surface area contributed by atoms with E-state index in [4.69, 9.17) is 0 Å². The summed E-state index contributed by atoms with van der Waals surface area (Å²) in [5.41, 5.74) is 2.25. The van der Waals surface area contributed by atoms with E-state index in [0.717, 1.165) is 21.9 Å². The minimum Gasteiger partial charge on any atom is -0.271 e. The summed E-state index contributed by atoms with van der Waals surface area (Å²) in [5.74, 6) is 0.439. The molecule has 1 aromatic carbocycles. The van der Waals surface area contributed by atoms with Crippen LogP contribution in [0.3, 0.4) is 0 Å². The molecular weight excluding hydrogens is 312 g/mol. The van der Waals surface area contributed by atoms with Crippen molar-refractivity contribution in [2.45, 2.75) is 13.8 Å². The first kappa shape index (κ1) is 15.3. The summed E-state index contributed by atoms with van der Waals surface area (Å²) in [4.78, 5) is 22.0. The molecule has 112 valence electrons. The SMILES string of the molecule is CC1=C(C)C2C(=O)N=C(SC/C=C/c3ccccc3)N=C2S1. The molecular formula is C17H16N2OS2. The highest BCUT2D eigenvalue weighted by molar-refractivity contribution is 8.18. The number of rotatable bonds is 3. The van der Waals surface area contributed by atoms with Crippen LogP contribution in [0.5, 0.6) is 0 Å². The van der Waals surface area contributed by atoms with Crippen molar-refractivity contribution in [3.05, 3.63) is 52.4 Å². The third-order valence-corrected chi connectivity index (χ3v) is 5.53. The van der Waals surface area contributed by atoms with Crippen LogP contribution in [-0.4, -0.2) is 21.9 Å². The molecule has 1 aromatic rings. The predicted octanol–water partition coefficient (Wildman–Crippen LogP) is 4.38. The summed E-state index contributed by atoms with van der Waals surface area (Å²) in [6.07, 6.45) is 4.13. The van der Waals surface area contributed by atoms with Crippen LogP contribution >= 0.6 is 23.5 Å². The molecule has 2 aliphatic heterocycles. The molecule has 2 aliphatic rings. The lowest BCUT2D eigenvalue weighted by molar-refractivity contribution is -0.118. The van der Waals surface area contributed by atoms with Crippen LogP contribution in [0.1, 0.15) is 19.4 Å². The van der Waals surface area contributed by atoms with Gasteiger partial charge in [0.1, 0.15) is 5.92 Å². The fourth-order valence-corrected chi connectivity index (χ4v) is 4.11. The molecule has 3 nitrogen and oxygen atoms in total. The van der Waals surface area contributed by atoms with Crippen molar-refractivity contribution in [1.82, 2.24) is 0 Å². The second-order valence-corrected chi connectivity index (χ2v) is 7.30. The quantitative estimate of drug-likeness (QED) is 0.826. The van der Waals surface area contributed by atoms with E-state index >= 15 is 0 Å². The van der Waals surface area contributed by atoms with Crippen LogP contribution in [0, 0.1) is 5.92 Å². The Bertz CT molecular complexity index is 717. The van der Waals surface area contributed by atoms with Crippen LogP contribution in [0.15, 0.2) is 56.9 Å². The standard InChI is InChI=1S/C17H16N2OS2/c1-11-12(2)22-16-14(11)15(20)18-17(19-16)21-10-6-9-13-7-4-3-5-8-13/h3-9,14H,10H2,1-2H3/b9-6+. The number of hydrogen-bond acceptors (Lipinski definition) is 4. The lowest BCUT2D eigenvalue weighted by Gasteiger charge is -2.13. The average molecular weight is 328 g/mol. The molecule has 0 aromatic heterocycles. The number of aliphatic imine (C=N–C) groups is 2. The molecule has 0 saturated heterocycles. The van der Waals surface area contributed by atoms with Gasteiger partial charge < -0.3 is 0 Å². The molecule has 1 unspecified atom stereocenters. The molecule has 1 amide bonds. The van der Waals surface area contributed by atoms with Crippen LogP contribution in [0.4, 0.5) is 0 Å². The third-order valence-electron chi connectivity index (χ3n) is 3.57. The Kier molecular flexibility index (Phi) is 4.64. The summed E-state index contributed by atoms with van der Waals surface area (Å²) < 4.78 is 0. The van der Waals surface area contributed by atoms with E-state index in [0.29, 0.717) is 5.17 Å². The van der Waals surface area contributed by atoms with Crippen molar-refractivity contribution in [2.24, 2.45) is 15.9 Å². The number of thioether (sulfide) groups is 2. The zero-order valence-electron chi connectivity index (χ0n) is 12.4. The van der Waals surface area contributed by atoms with E-state index in [2.05, 4.69) is 34.3 Å². The smallest absolute Gasteiger partial charge is 0.262 e. The van der Waals surface area contributed by atoms with Gasteiger partial charge in [-0.15, -0.1) is 0 Å². The number of allylic oxidation sites excluding steroid dienone is 1. The minimum absolute atomic E-state index is 0.0820. The van der Waals surface area contributed by atoms with Gasteiger partial charge in [-0.1, -0.05) is 66.0 Å². The van der Waals surface area contributed by atoms with Gasteiger partial charge in [-0.05, 0) is 29.9 Å². The van der Waals surface area contributed by atoms with E-state index in [1.807, 2.05) is 32.0 Å². The molecule has 0 bridgehead atoms. The number of carbonyl (C=O) groups excluding carboxylic acids is 1. The third kappa shape index (κ3) is 3.25. The maximum atomic E-state index is 12.1. The lowest BCUT2D eigenvalue weighted by atomic mass is 10.0. The van der Waals surface area contributed by atoms with Gasteiger partial charge in [-0.3, -0.25) is 4.79 Å². The second kappa shape index (κ2) is 6.67. The maximum Gasteiger partial charge on any atom is 0.262 e. The molecule has 0 fully saturated rings. The number of carbonyl (C=O) groups is 1. The first-order chi connectivity index (χ1) is 10.6.